The molecule has 1 aliphatic rings. The van der Waals surface area contributed by atoms with Gasteiger partial charge < -0.3 is 9.84 Å². The molecule has 0 spiro atoms. The van der Waals surface area contributed by atoms with Gasteiger partial charge in [-0.15, -0.1) is 0 Å². The van der Waals surface area contributed by atoms with E-state index in [1.165, 1.54) is 12.8 Å². The van der Waals surface area contributed by atoms with Crippen LogP contribution in [0.3, 0.4) is 0 Å². The van der Waals surface area contributed by atoms with E-state index in [9.17, 15) is 0 Å². The fourth-order valence-corrected chi connectivity index (χ4v) is 1.45. The Balaban J connectivity index is 2.18. The van der Waals surface area contributed by atoms with Crippen LogP contribution in [0.4, 0.5) is 0 Å². The molecule has 10 heavy (non-hydrogen) atoms. The van der Waals surface area contributed by atoms with Crippen molar-refractivity contribution in [2.75, 3.05) is 6.61 Å². The number of ether oxygens (including phenoxy) is 1. The number of aliphatic hydroxyl groups is 1. The fraction of sp³-hybridized carbons (Fsp3) is 1.00. The first-order chi connectivity index (χ1) is 4.83. The average Bonchev–Trinajstić information content (AvgIpc) is 1.88. The summed E-state index contributed by atoms with van der Waals surface area (Å²) in [6, 6.07) is 0. The highest BCUT2D eigenvalue weighted by atomic mass is 16.5. The highest BCUT2D eigenvalue weighted by Gasteiger charge is 2.17. The topological polar surface area (TPSA) is 29.5 Å². The molecule has 1 fully saturated rings. The molecule has 0 radical (unpaired) electrons. The van der Waals surface area contributed by atoms with E-state index in [1.807, 2.05) is 0 Å². The second kappa shape index (κ2) is 3.94. The van der Waals surface area contributed by atoms with Gasteiger partial charge >= 0.3 is 0 Å². The van der Waals surface area contributed by atoms with Gasteiger partial charge in [0.2, 0.25) is 0 Å². The van der Waals surface area contributed by atoms with E-state index in [0.717, 1.165) is 12.8 Å². The summed E-state index contributed by atoms with van der Waals surface area (Å²) in [5.74, 6) is 0. The van der Waals surface area contributed by atoms with Crippen LogP contribution in [0, 0.1) is 0 Å². The Bertz CT molecular complexity index is 91.3. The van der Waals surface area contributed by atoms with Crippen LogP contribution in [0.15, 0.2) is 0 Å². The molecule has 0 amide bonds. The molecule has 2 heteroatoms. The van der Waals surface area contributed by atoms with Gasteiger partial charge in [-0.25, -0.2) is 0 Å². The van der Waals surface area contributed by atoms with Gasteiger partial charge in [0.15, 0.2) is 0 Å². The fourth-order valence-electron chi connectivity index (χ4n) is 1.45. The normalized spacial score (nSPS) is 34.2. The molecule has 1 rings (SSSR count). The summed E-state index contributed by atoms with van der Waals surface area (Å²) < 4.78 is 5.57. The molecule has 1 N–H and O–H groups in total. The van der Waals surface area contributed by atoms with Gasteiger partial charge in [-0.3, -0.25) is 0 Å². The molecule has 0 bridgehead atoms. The molecule has 2 nitrogen and oxygen atoms in total. The summed E-state index contributed by atoms with van der Waals surface area (Å²) in [4.78, 5) is 0. The van der Waals surface area contributed by atoms with Crippen molar-refractivity contribution in [3.63, 3.8) is 0 Å². The maximum atomic E-state index is 8.62. The van der Waals surface area contributed by atoms with Gasteiger partial charge in [0.25, 0.3) is 0 Å². The summed E-state index contributed by atoms with van der Waals surface area (Å²) in [7, 11) is 0. The molecule has 1 heterocycles. The summed E-state index contributed by atoms with van der Waals surface area (Å²) in [5.41, 5.74) is 0. The molecule has 1 saturated heterocycles. The number of aliphatic hydroxyl groups excluding tert-OH is 1. The van der Waals surface area contributed by atoms with Crippen molar-refractivity contribution in [2.45, 2.75) is 44.8 Å². The minimum atomic E-state index is 0.261. The third kappa shape index (κ3) is 2.27. The molecule has 0 unspecified atom stereocenters. The molecule has 1 aliphatic heterocycles. The molecular formula is C8H16O2. The van der Waals surface area contributed by atoms with Gasteiger partial charge in [0, 0.05) is 6.61 Å². The van der Waals surface area contributed by atoms with Crippen molar-refractivity contribution in [1.82, 2.24) is 0 Å². The first-order valence-corrected chi connectivity index (χ1v) is 4.09. The lowest BCUT2D eigenvalue weighted by molar-refractivity contribution is -0.0489. The van der Waals surface area contributed by atoms with Crippen LogP contribution < -0.4 is 0 Å². The van der Waals surface area contributed by atoms with E-state index in [2.05, 4.69) is 6.92 Å². The van der Waals surface area contributed by atoms with Gasteiger partial charge in [0.05, 0.1) is 12.2 Å². The Morgan fingerprint density at radius 1 is 1.50 bits per heavy atom. The lowest BCUT2D eigenvalue weighted by atomic mass is 10.0. The van der Waals surface area contributed by atoms with Gasteiger partial charge in [-0.2, -0.15) is 0 Å². The zero-order valence-corrected chi connectivity index (χ0v) is 6.55. The monoisotopic (exact) mass is 144 g/mol. The third-order valence-electron chi connectivity index (χ3n) is 2.01. The van der Waals surface area contributed by atoms with E-state index in [4.69, 9.17) is 9.84 Å². The quantitative estimate of drug-likeness (QED) is 0.633. The molecule has 60 valence electrons. The van der Waals surface area contributed by atoms with Gasteiger partial charge in [-0.05, 0) is 32.6 Å². The predicted octanol–water partition coefficient (Wildman–Crippen LogP) is 1.33. The number of hydrogen-bond acceptors (Lipinski definition) is 2. The first kappa shape index (κ1) is 8.02. The zero-order valence-electron chi connectivity index (χ0n) is 6.55. The average molecular weight is 144 g/mol. The van der Waals surface area contributed by atoms with Crippen molar-refractivity contribution >= 4 is 0 Å². The molecule has 0 aromatic carbocycles. The van der Waals surface area contributed by atoms with Crippen molar-refractivity contribution in [2.24, 2.45) is 0 Å². The van der Waals surface area contributed by atoms with E-state index in [0.29, 0.717) is 12.2 Å². The maximum Gasteiger partial charge on any atom is 0.0600 e. The van der Waals surface area contributed by atoms with Crippen molar-refractivity contribution in [3.05, 3.63) is 0 Å². The van der Waals surface area contributed by atoms with Crippen molar-refractivity contribution in [3.8, 4) is 0 Å². The van der Waals surface area contributed by atoms with Crippen LogP contribution in [-0.4, -0.2) is 23.9 Å². The van der Waals surface area contributed by atoms with E-state index in [1.54, 1.807) is 0 Å². The van der Waals surface area contributed by atoms with Crippen LogP contribution in [0.1, 0.15) is 32.6 Å². The number of rotatable bonds is 2. The van der Waals surface area contributed by atoms with E-state index < -0.39 is 0 Å². The second-order valence-electron chi connectivity index (χ2n) is 3.01. The lowest BCUT2D eigenvalue weighted by Crippen LogP contribution is -2.25. The highest BCUT2D eigenvalue weighted by Crippen LogP contribution is 2.20. The molecule has 0 aliphatic carbocycles. The zero-order chi connectivity index (χ0) is 7.40. The summed E-state index contributed by atoms with van der Waals surface area (Å²) >= 11 is 0. The lowest BCUT2D eigenvalue weighted by Gasteiger charge is -2.27. The Hall–Kier alpha value is -0.0800. The molecule has 0 saturated carbocycles. The summed E-state index contributed by atoms with van der Waals surface area (Å²) in [5, 5.41) is 8.62. The van der Waals surface area contributed by atoms with Crippen LogP contribution in [0.25, 0.3) is 0 Å². The smallest absolute Gasteiger partial charge is 0.0600 e. The van der Waals surface area contributed by atoms with Crippen LogP contribution in [0.2, 0.25) is 0 Å². The molecule has 0 aromatic rings. The minimum Gasteiger partial charge on any atom is -0.396 e. The minimum absolute atomic E-state index is 0.261. The Labute approximate surface area is 62.2 Å². The van der Waals surface area contributed by atoms with Crippen LogP contribution in [0.5, 0.6) is 0 Å². The Morgan fingerprint density at radius 2 is 2.30 bits per heavy atom. The largest absolute Gasteiger partial charge is 0.396 e. The Kier molecular flexibility index (Phi) is 3.16. The SMILES string of the molecule is C[C@H]1CCC[C@H](CCO)O1. The van der Waals surface area contributed by atoms with E-state index >= 15 is 0 Å². The molecule has 0 aromatic heterocycles. The third-order valence-corrected chi connectivity index (χ3v) is 2.01. The van der Waals surface area contributed by atoms with Crippen molar-refractivity contribution in [1.29, 1.82) is 0 Å². The summed E-state index contributed by atoms with van der Waals surface area (Å²) in [6.45, 7) is 2.36. The van der Waals surface area contributed by atoms with Gasteiger partial charge in [-0.1, -0.05) is 0 Å². The van der Waals surface area contributed by atoms with Crippen molar-refractivity contribution < 1.29 is 9.84 Å². The van der Waals surface area contributed by atoms with Gasteiger partial charge in [0.1, 0.15) is 0 Å². The first-order valence-electron chi connectivity index (χ1n) is 4.09. The molecule has 2 atom stereocenters. The Morgan fingerprint density at radius 3 is 2.90 bits per heavy atom. The van der Waals surface area contributed by atoms with Crippen LogP contribution in [-0.2, 0) is 4.74 Å². The maximum absolute atomic E-state index is 8.62. The molecular weight excluding hydrogens is 128 g/mol. The summed E-state index contributed by atoms with van der Waals surface area (Å²) in [6.07, 6.45) is 5.11. The number of hydrogen-bond donors (Lipinski definition) is 1. The highest BCUT2D eigenvalue weighted by molar-refractivity contribution is 4.67. The van der Waals surface area contributed by atoms with E-state index in [-0.39, 0.29) is 6.61 Å². The predicted molar refractivity (Wildman–Crippen MR) is 39.9 cm³/mol. The standard InChI is InChI=1S/C8H16O2/c1-7-3-2-4-8(10-7)5-6-9/h7-9H,2-6H2,1H3/t7-,8+/m0/s1. The van der Waals surface area contributed by atoms with Crippen LogP contribution >= 0.6 is 0 Å². The second-order valence-corrected chi connectivity index (χ2v) is 3.01.